The third-order valence-corrected chi connectivity index (χ3v) is 4.45. The number of benzene rings is 2. The van der Waals surface area contributed by atoms with E-state index in [2.05, 4.69) is 49.4 Å². The van der Waals surface area contributed by atoms with Crippen LogP contribution in [0.4, 0.5) is 0 Å². The second kappa shape index (κ2) is 5.72. The lowest BCUT2D eigenvalue weighted by Gasteiger charge is -2.16. The lowest BCUT2D eigenvalue weighted by Crippen LogP contribution is -2.01. The molecule has 1 aliphatic carbocycles. The highest BCUT2D eigenvalue weighted by atomic mass is 16.4. The fourth-order valence-electron chi connectivity index (χ4n) is 3.36. The summed E-state index contributed by atoms with van der Waals surface area (Å²) in [6.07, 6.45) is 2.94. The van der Waals surface area contributed by atoms with Gasteiger partial charge >= 0.3 is 5.97 Å². The second-order valence-electron chi connectivity index (χ2n) is 5.89. The van der Waals surface area contributed by atoms with Crippen LogP contribution in [0.5, 0.6) is 0 Å². The van der Waals surface area contributed by atoms with E-state index in [-0.39, 0.29) is 6.42 Å². The van der Waals surface area contributed by atoms with Gasteiger partial charge in [0.15, 0.2) is 0 Å². The molecular weight excluding hydrogens is 260 g/mol. The fraction of sp³-hybridized carbons (Fsp3) is 0.316. The summed E-state index contributed by atoms with van der Waals surface area (Å²) in [5.74, 6) is -0.290. The molecule has 2 aromatic rings. The van der Waals surface area contributed by atoms with Crippen LogP contribution < -0.4 is 0 Å². The third kappa shape index (κ3) is 2.71. The Bertz CT molecular complexity index is 673. The van der Waals surface area contributed by atoms with Crippen LogP contribution >= 0.6 is 0 Å². The van der Waals surface area contributed by atoms with Gasteiger partial charge in [-0.25, -0.2) is 0 Å². The standard InChI is InChI=1S/C19H20O2/c1-13(6-4-11-19(20)21)15-9-5-10-17-16-8-3-2-7-14(16)12-18(15)17/h2-3,5,7-10,13H,4,6,11-12H2,1H3,(H,20,21). The molecular formula is C19H20O2. The SMILES string of the molecule is CC(CCCC(=O)O)c1cccc2c1Cc1ccccc1-2. The Hall–Kier alpha value is -2.09. The first-order chi connectivity index (χ1) is 10.2. The Labute approximate surface area is 125 Å². The molecule has 2 aromatic carbocycles. The summed E-state index contributed by atoms with van der Waals surface area (Å²) in [6.45, 7) is 2.21. The highest BCUT2D eigenvalue weighted by Gasteiger charge is 2.22. The Kier molecular flexibility index (Phi) is 3.78. The predicted octanol–water partition coefficient (Wildman–Crippen LogP) is 4.62. The molecule has 1 N–H and O–H groups in total. The number of carboxylic acid groups (broad SMARTS) is 1. The molecule has 0 heterocycles. The molecule has 0 aromatic heterocycles. The van der Waals surface area contributed by atoms with E-state index in [1.807, 2.05) is 0 Å². The van der Waals surface area contributed by atoms with Crippen LogP contribution in [0.1, 0.15) is 48.8 Å². The summed E-state index contributed by atoms with van der Waals surface area (Å²) < 4.78 is 0. The lowest BCUT2D eigenvalue weighted by atomic mass is 9.89. The van der Waals surface area contributed by atoms with Crippen LogP contribution in [0.25, 0.3) is 11.1 Å². The van der Waals surface area contributed by atoms with Crippen LogP contribution in [-0.4, -0.2) is 11.1 Å². The zero-order valence-electron chi connectivity index (χ0n) is 12.3. The summed E-state index contributed by atoms with van der Waals surface area (Å²) in [4.78, 5) is 10.7. The lowest BCUT2D eigenvalue weighted by molar-refractivity contribution is -0.137. The van der Waals surface area contributed by atoms with Gasteiger partial charge in [0.1, 0.15) is 0 Å². The van der Waals surface area contributed by atoms with Gasteiger partial charge in [-0.1, -0.05) is 49.4 Å². The molecule has 0 fully saturated rings. The maximum absolute atomic E-state index is 10.7. The minimum atomic E-state index is -0.701. The first kappa shape index (κ1) is 13.9. The summed E-state index contributed by atoms with van der Waals surface area (Å²) in [6, 6.07) is 15.1. The summed E-state index contributed by atoms with van der Waals surface area (Å²) in [5, 5.41) is 8.77. The number of rotatable bonds is 5. The Morgan fingerprint density at radius 1 is 1.14 bits per heavy atom. The Balaban J connectivity index is 1.84. The number of hydrogen-bond donors (Lipinski definition) is 1. The van der Waals surface area contributed by atoms with Crippen molar-refractivity contribution in [1.29, 1.82) is 0 Å². The van der Waals surface area contributed by atoms with Crippen LogP contribution in [-0.2, 0) is 11.2 Å². The largest absolute Gasteiger partial charge is 0.481 e. The summed E-state index contributed by atoms with van der Waals surface area (Å²) in [7, 11) is 0. The summed E-state index contributed by atoms with van der Waals surface area (Å²) >= 11 is 0. The van der Waals surface area contributed by atoms with Crippen LogP contribution in [0.2, 0.25) is 0 Å². The number of fused-ring (bicyclic) bond motifs is 3. The molecule has 0 saturated carbocycles. The van der Waals surface area contributed by atoms with E-state index >= 15 is 0 Å². The molecule has 3 rings (SSSR count). The van der Waals surface area contributed by atoms with Crippen LogP contribution in [0.3, 0.4) is 0 Å². The molecule has 0 bridgehead atoms. The van der Waals surface area contributed by atoms with E-state index in [1.54, 1.807) is 0 Å². The first-order valence-electron chi connectivity index (χ1n) is 7.58. The van der Waals surface area contributed by atoms with Gasteiger partial charge in [0, 0.05) is 6.42 Å². The van der Waals surface area contributed by atoms with Crippen molar-refractivity contribution >= 4 is 5.97 Å². The van der Waals surface area contributed by atoms with E-state index in [0.29, 0.717) is 5.92 Å². The molecule has 1 atom stereocenters. The van der Waals surface area contributed by atoms with Gasteiger partial charge in [-0.05, 0) is 53.0 Å². The van der Waals surface area contributed by atoms with E-state index in [4.69, 9.17) is 5.11 Å². The molecule has 2 heteroatoms. The molecule has 0 amide bonds. The molecule has 0 radical (unpaired) electrons. The van der Waals surface area contributed by atoms with Gasteiger partial charge < -0.3 is 5.11 Å². The average Bonchev–Trinajstić information content (AvgIpc) is 2.85. The molecule has 0 saturated heterocycles. The van der Waals surface area contributed by atoms with Gasteiger partial charge in [-0.15, -0.1) is 0 Å². The first-order valence-corrected chi connectivity index (χ1v) is 7.58. The Morgan fingerprint density at radius 3 is 2.71 bits per heavy atom. The number of carboxylic acids is 1. The van der Waals surface area contributed by atoms with E-state index in [9.17, 15) is 4.79 Å². The predicted molar refractivity (Wildman–Crippen MR) is 84.6 cm³/mol. The molecule has 1 unspecified atom stereocenters. The van der Waals surface area contributed by atoms with Crippen molar-refractivity contribution in [2.75, 3.05) is 0 Å². The number of hydrogen-bond acceptors (Lipinski definition) is 1. The van der Waals surface area contributed by atoms with Crippen molar-refractivity contribution in [3.63, 3.8) is 0 Å². The van der Waals surface area contributed by atoms with Gasteiger partial charge in [-0.3, -0.25) is 4.79 Å². The quantitative estimate of drug-likeness (QED) is 0.740. The number of aliphatic carboxylic acids is 1. The van der Waals surface area contributed by atoms with Crippen molar-refractivity contribution in [2.45, 2.75) is 38.5 Å². The third-order valence-electron chi connectivity index (χ3n) is 4.45. The highest BCUT2D eigenvalue weighted by molar-refractivity contribution is 5.78. The van der Waals surface area contributed by atoms with Crippen LogP contribution in [0, 0.1) is 0 Å². The molecule has 1 aliphatic rings. The van der Waals surface area contributed by atoms with Gasteiger partial charge in [-0.2, -0.15) is 0 Å². The van der Waals surface area contributed by atoms with E-state index in [1.165, 1.54) is 27.8 Å². The van der Waals surface area contributed by atoms with Crippen LogP contribution in [0.15, 0.2) is 42.5 Å². The zero-order valence-corrected chi connectivity index (χ0v) is 12.3. The van der Waals surface area contributed by atoms with E-state index in [0.717, 1.165) is 19.3 Å². The zero-order chi connectivity index (χ0) is 14.8. The van der Waals surface area contributed by atoms with Crippen molar-refractivity contribution in [2.24, 2.45) is 0 Å². The molecule has 108 valence electrons. The van der Waals surface area contributed by atoms with Crippen molar-refractivity contribution in [3.05, 3.63) is 59.2 Å². The maximum atomic E-state index is 10.7. The Morgan fingerprint density at radius 2 is 1.90 bits per heavy atom. The topological polar surface area (TPSA) is 37.3 Å². The van der Waals surface area contributed by atoms with Crippen molar-refractivity contribution in [1.82, 2.24) is 0 Å². The smallest absolute Gasteiger partial charge is 0.303 e. The number of carbonyl (C=O) groups is 1. The maximum Gasteiger partial charge on any atom is 0.303 e. The molecule has 21 heavy (non-hydrogen) atoms. The van der Waals surface area contributed by atoms with E-state index < -0.39 is 5.97 Å². The normalized spacial score (nSPS) is 13.6. The highest BCUT2D eigenvalue weighted by Crippen LogP contribution is 2.40. The second-order valence-corrected chi connectivity index (χ2v) is 5.89. The van der Waals surface area contributed by atoms with Crippen molar-refractivity contribution < 1.29 is 9.90 Å². The average molecular weight is 280 g/mol. The fourth-order valence-corrected chi connectivity index (χ4v) is 3.36. The van der Waals surface area contributed by atoms with Gasteiger partial charge in [0.2, 0.25) is 0 Å². The van der Waals surface area contributed by atoms with Gasteiger partial charge in [0.25, 0.3) is 0 Å². The summed E-state index contributed by atoms with van der Waals surface area (Å²) in [5.41, 5.74) is 6.92. The molecule has 0 aliphatic heterocycles. The molecule has 0 spiro atoms. The van der Waals surface area contributed by atoms with Crippen molar-refractivity contribution in [3.8, 4) is 11.1 Å². The monoisotopic (exact) mass is 280 g/mol. The van der Waals surface area contributed by atoms with Gasteiger partial charge in [0.05, 0.1) is 0 Å². The molecule has 2 nitrogen and oxygen atoms in total. The minimum Gasteiger partial charge on any atom is -0.481 e. The minimum absolute atomic E-state index is 0.263.